The molecule has 0 aliphatic carbocycles. The molecule has 1 aliphatic heterocycles. The molecule has 122 valence electrons. The normalized spacial score (nSPS) is 14.0. The fraction of sp³-hybridized carbons (Fsp3) is 0.267. The fourth-order valence-electron chi connectivity index (χ4n) is 2.53. The molecule has 1 amide bonds. The van der Waals surface area contributed by atoms with Gasteiger partial charge in [-0.1, -0.05) is 11.3 Å². The first-order chi connectivity index (χ1) is 11.6. The first-order valence-corrected chi connectivity index (χ1v) is 8.11. The van der Waals surface area contributed by atoms with Crippen LogP contribution in [0.4, 0.5) is 5.13 Å². The molecule has 3 aromatic heterocycles. The Kier molecular flexibility index (Phi) is 3.58. The van der Waals surface area contributed by atoms with Gasteiger partial charge in [0.15, 0.2) is 16.6 Å². The van der Waals surface area contributed by atoms with Crippen LogP contribution in [0.3, 0.4) is 0 Å². The Morgan fingerprint density at radius 1 is 1.38 bits per heavy atom. The lowest BCUT2D eigenvalue weighted by Crippen LogP contribution is -2.16. The summed E-state index contributed by atoms with van der Waals surface area (Å²) >= 11 is 1.18. The number of nitrogens with zero attached hydrogens (tertiary/aromatic N) is 4. The zero-order valence-electron chi connectivity index (χ0n) is 12.8. The van der Waals surface area contributed by atoms with Gasteiger partial charge < -0.3 is 14.5 Å². The molecule has 4 rings (SSSR count). The average Bonchev–Trinajstić information content (AvgIpc) is 3.12. The third-order valence-electron chi connectivity index (χ3n) is 3.63. The van der Waals surface area contributed by atoms with Crippen molar-refractivity contribution in [2.24, 2.45) is 0 Å². The SMILES string of the molecule is Cc1cncc2nc(CC(=O)Nc3nc4c(s3)C(=O)COC4)cn12. The number of hydrogen-bond acceptors (Lipinski definition) is 7. The van der Waals surface area contributed by atoms with Crippen LogP contribution >= 0.6 is 11.3 Å². The highest BCUT2D eigenvalue weighted by molar-refractivity contribution is 7.17. The predicted molar refractivity (Wildman–Crippen MR) is 86.2 cm³/mol. The average molecular weight is 343 g/mol. The number of ketones is 1. The lowest BCUT2D eigenvalue weighted by Gasteiger charge is -2.07. The van der Waals surface area contributed by atoms with Crippen LogP contribution in [0.25, 0.3) is 5.65 Å². The zero-order valence-corrected chi connectivity index (χ0v) is 13.6. The molecule has 1 N–H and O–H groups in total. The van der Waals surface area contributed by atoms with E-state index in [0.717, 1.165) is 5.69 Å². The summed E-state index contributed by atoms with van der Waals surface area (Å²) in [6.07, 6.45) is 5.32. The summed E-state index contributed by atoms with van der Waals surface area (Å²) in [6.45, 7) is 2.29. The maximum absolute atomic E-state index is 12.2. The molecular weight excluding hydrogens is 330 g/mol. The predicted octanol–water partition coefficient (Wildman–Crippen LogP) is 1.39. The smallest absolute Gasteiger partial charge is 0.232 e. The van der Waals surface area contributed by atoms with Crippen LogP contribution in [0.15, 0.2) is 18.6 Å². The van der Waals surface area contributed by atoms with Gasteiger partial charge in [-0.2, -0.15) is 0 Å². The van der Waals surface area contributed by atoms with Crippen molar-refractivity contribution in [3.8, 4) is 0 Å². The van der Waals surface area contributed by atoms with Crippen LogP contribution in [0.1, 0.15) is 26.8 Å². The van der Waals surface area contributed by atoms with Crippen molar-refractivity contribution in [3.05, 3.63) is 40.5 Å². The van der Waals surface area contributed by atoms with E-state index in [4.69, 9.17) is 4.74 Å². The minimum atomic E-state index is -0.233. The summed E-state index contributed by atoms with van der Waals surface area (Å²) in [5, 5.41) is 3.13. The van der Waals surface area contributed by atoms with Crippen LogP contribution in [-0.2, 0) is 22.6 Å². The molecule has 4 heterocycles. The van der Waals surface area contributed by atoms with Crippen molar-refractivity contribution in [2.75, 3.05) is 11.9 Å². The van der Waals surface area contributed by atoms with E-state index in [1.165, 1.54) is 11.3 Å². The number of aryl methyl sites for hydroxylation is 1. The van der Waals surface area contributed by atoms with Gasteiger partial charge in [-0.25, -0.2) is 9.97 Å². The number of thiazole rings is 1. The molecule has 0 atom stereocenters. The molecule has 0 unspecified atom stereocenters. The first-order valence-electron chi connectivity index (χ1n) is 7.29. The highest BCUT2D eigenvalue weighted by Crippen LogP contribution is 2.27. The molecule has 0 bridgehead atoms. The lowest BCUT2D eigenvalue weighted by molar-refractivity contribution is -0.115. The second kappa shape index (κ2) is 5.77. The zero-order chi connectivity index (χ0) is 16.7. The van der Waals surface area contributed by atoms with Crippen LogP contribution in [0.2, 0.25) is 0 Å². The summed E-state index contributed by atoms with van der Waals surface area (Å²) in [7, 11) is 0. The van der Waals surface area contributed by atoms with Gasteiger partial charge in [-0.3, -0.25) is 14.6 Å². The molecule has 8 nitrogen and oxygen atoms in total. The van der Waals surface area contributed by atoms with Gasteiger partial charge in [0, 0.05) is 18.1 Å². The molecule has 0 spiro atoms. The highest BCUT2D eigenvalue weighted by atomic mass is 32.1. The standard InChI is InChI=1S/C15H13N5O3S/c1-8-3-16-4-12-17-9(5-20(8)12)2-13(22)19-15-18-10-6-23-7-11(21)14(10)24-15/h3-5H,2,6-7H2,1H3,(H,18,19,22). The van der Waals surface area contributed by atoms with Gasteiger partial charge in [0.2, 0.25) is 5.91 Å². The number of aromatic nitrogens is 4. The number of imidazole rings is 1. The number of amides is 1. The van der Waals surface area contributed by atoms with E-state index in [0.29, 0.717) is 33.7 Å². The Hall–Kier alpha value is -2.65. The topological polar surface area (TPSA) is 98.5 Å². The van der Waals surface area contributed by atoms with Gasteiger partial charge in [-0.15, -0.1) is 0 Å². The quantitative estimate of drug-likeness (QED) is 0.771. The molecule has 0 aromatic carbocycles. The van der Waals surface area contributed by atoms with Crippen molar-refractivity contribution in [2.45, 2.75) is 20.0 Å². The Labute approximate surface area is 140 Å². The number of carbonyl (C=O) groups is 2. The Morgan fingerprint density at radius 3 is 3.04 bits per heavy atom. The molecule has 0 saturated carbocycles. The van der Waals surface area contributed by atoms with Gasteiger partial charge in [0.25, 0.3) is 0 Å². The molecule has 0 radical (unpaired) electrons. The van der Waals surface area contributed by atoms with E-state index in [2.05, 4.69) is 20.3 Å². The summed E-state index contributed by atoms with van der Waals surface area (Å²) in [5.74, 6) is -0.332. The third kappa shape index (κ3) is 2.68. The van der Waals surface area contributed by atoms with Gasteiger partial charge in [0.05, 0.1) is 30.6 Å². The highest BCUT2D eigenvalue weighted by Gasteiger charge is 2.23. The van der Waals surface area contributed by atoms with Crippen LogP contribution < -0.4 is 5.32 Å². The van der Waals surface area contributed by atoms with Crippen molar-refractivity contribution in [3.63, 3.8) is 0 Å². The second-order valence-corrected chi connectivity index (χ2v) is 6.44. The van der Waals surface area contributed by atoms with Crippen LogP contribution in [0, 0.1) is 6.92 Å². The minimum absolute atomic E-state index is 0.0667. The van der Waals surface area contributed by atoms with Gasteiger partial charge >= 0.3 is 0 Å². The van der Waals surface area contributed by atoms with Crippen molar-refractivity contribution >= 4 is 33.8 Å². The van der Waals surface area contributed by atoms with Gasteiger partial charge in [0.1, 0.15) is 11.5 Å². The number of rotatable bonds is 3. The van der Waals surface area contributed by atoms with E-state index in [1.54, 1.807) is 12.4 Å². The summed E-state index contributed by atoms with van der Waals surface area (Å²) in [5.41, 5.74) is 2.87. The first kappa shape index (κ1) is 14.9. The van der Waals surface area contributed by atoms with Crippen LogP contribution in [0.5, 0.6) is 0 Å². The van der Waals surface area contributed by atoms with Crippen LogP contribution in [-0.4, -0.2) is 37.6 Å². The summed E-state index contributed by atoms with van der Waals surface area (Å²) < 4.78 is 7.01. The Morgan fingerprint density at radius 2 is 2.25 bits per heavy atom. The number of fused-ring (bicyclic) bond motifs is 2. The molecule has 9 heteroatoms. The largest absolute Gasteiger partial charge is 0.367 e. The molecule has 1 aliphatic rings. The fourth-order valence-corrected chi connectivity index (χ4v) is 3.44. The van der Waals surface area contributed by atoms with Crippen molar-refractivity contribution < 1.29 is 14.3 Å². The van der Waals surface area contributed by atoms with E-state index in [9.17, 15) is 9.59 Å². The van der Waals surface area contributed by atoms with Crippen molar-refractivity contribution in [1.82, 2.24) is 19.4 Å². The number of Topliss-reactive ketones (excluding diaryl/α,β-unsaturated/α-hetero) is 1. The van der Waals surface area contributed by atoms with E-state index in [1.807, 2.05) is 17.5 Å². The number of nitrogens with one attached hydrogen (secondary N) is 1. The van der Waals surface area contributed by atoms with Crippen molar-refractivity contribution in [1.29, 1.82) is 0 Å². The summed E-state index contributed by atoms with van der Waals surface area (Å²) in [4.78, 5) is 37.2. The van der Waals surface area contributed by atoms with E-state index in [-0.39, 0.29) is 24.7 Å². The summed E-state index contributed by atoms with van der Waals surface area (Å²) in [6, 6.07) is 0. The number of carbonyl (C=O) groups excluding carboxylic acids is 2. The maximum Gasteiger partial charge on any atom is 0.232 e. The lowest BCUT2D eigenvalue weighted by atomic mass is 10.2. The Balaban J connectivity index is 1.50. The Bertz CT molecular complexity index is 961. The van der Waals surface area contributed by atoms with E-state index < -0.39 is 0 Å². The molecular formula is C15H13N5O3S. The van der Waals surface area contributed by atoms with Gasteiger partial charge in [-0.05, 0) is 6.92 Å². The molecule has 3 aromatic rings. The minimum Gasteiger partial charge on any atom is -0.367 e. The maximum atomic E-state index is 12.2. The third-order valence-corrected chi connectivity index (χ3v) is 4.68. The molecule has 24 heavy (non-hydrogen) atoms. The number of anilines is 1. The number of hydrogen-bond donors (Lipinski definition) is 1. The molecule has 0 fully saturated rings. The monoisotopic (exact) mass is 343 g/mol. The molecule has 0 saturated heterocycles. The second-order valence-electron chi connectivity index (χ2n) is 5.44. The number of ether oxygens (including phenoxy) is 1. The van der Waals surface area contributed by atoms with E-state index >= 15 is 0 Å².